The van der Waals surface area contributed by atoms with E-state index in [9.17, 15) is 5.11 Å². The first-order chi connectivity index (χ1) is 11.2. The molecule has 0 aromatic heterocycles. The second kappa shape index (κ2) is 7.18. The highest BCUT2D eigenvalue weighted by Gasteiger charge is 2.30. The number of rotatable bonds is 6. The van der Waals surface area contributed by atoms with Crippen molar-refractivity contribution in [2.75, 3.05) is 6.61 Å². The van der Waals surface area contributed by atoms with Gasteiger partial charge in [-0.15, -0.1) is 0 Å². The molecule has 0 saturated heterocycles. The van der Waals surface area contributed by atoms with Crippen LogP contribution in [0.4, 0.5) is 0 Å². The van der Waals surface area contributed by atoms with Gasteiger partial charge in [0.05, 0.1) is 17.2 Å². The SMILES string of the molecule is C=CCOc1ccc(CN[C@@H]2c3ccccc3C[C@@H]2O)cc1Cl. The maximum atomic E-state index is 10.3. The number of hydrogen-bond acceptors (Lipinski definition) is 3. The molecule has 120 valence electrons. The zero-order chi connectivity index (χ0) is 16.2. The van der Waals surface area contributed by atoms with Gasteiger partial charge in [-0.2, -0.15) is 0 Å². The van der Waals surface area contributed by atoms with E-state index in [1.165, 1.54) is 11.1 Å². The van der Waals surface area contributed by atoms with Gasteiger partial charge in [-0.05, 0) is 28.8 Å². The molecule has 0 aliphatic heterocycles. The fourth-order valence-electron chi connectivity index (χ4n) is 2.97. The minimum absolute atomic E-state index is 0.0401. The molecular weight excluding hydrogens is 310 g/mol. The number of halogens is 1. The van der Waals surface area contributed by atoms with Crippen LogP contribution in [0.2, 0.25) is 5.02 Å². The molecule has 2 atom stereocenters. The zero-order valence-corrected chi connectivity index (χ0v) is 13.6. The number of hydrogen-bond donors (Lipinski definition) is 2. The van der Waals surface area contributed by atoms with Crippen molar-refractivity contribution in [3.63, 3.8) is 0 Å². The Morgan fingerprint density at radius 2 is 2.13 bits per heavy atom. The van der Waals surface area contributed by atoms with E-state index in [1.807, 2.05) is 30.3 Å². The molecular formula is C19H20ClNO2. The van der Waals surface area contributed by atoms with Crippen LogP contribution in [0.3, 0.4) is 0 Å². The molecule has 0 unspecified atom stereocenters. The summed E-state index contributed by atoms with van der Waals surface area (Å²) in [5, 5.41) is 14.3. The molecule has 0 saturated carbocycles. The fourth-order valence-corrected chi connectivity index (χ4v) is 3.23. The predicted octanol–water partition coefficient (Wildman–Crippen LogP) is 3.65. The Morgan fingerprint density at radius 1 is 1.30 bits per heavy atom. The van der Waals surface area contributed by atoms with Crippen LogP contribution in [0.15, 0.2) is 55.1 Å². The van der Waals surface area contributed by atoms with Crippen molar-refractivity contribution in [3.05, 3.63) is 76.8 Å². The smallest absolute Gasteiger partial charge is 0.138 e. The van der Waals surface area contributed by atoms with Crippen molar-refractivity contribution >= 4 is 11.6 Å². The van der Waals surface area contributed by atoms with Crippen molar-refractivity contribution < 1.29 is 9.84 Å². The summed E-state index contributed by atoms with van der Waals surface area (Å²) in [4.78, 5) is 0. The Kier molecular flexibility index (Phi) is 5.01. The number of nitrogens with one attached hydrogen (secondary N) is 1. The topological polar surface area (TPSA) is 41.5 Å². The molecule has 0 radical (unpaired) electrons. The van der Waals surface area contributed by atoms with Crippen molar-refractivity contribution in [1.29, 1.82) is 0 Å². The van der Waals surface area contributed by atoms with Gasteiger partial charge < -0.3 is 15.2 Å². The summed E-state index contributed by atoms with van der Waals surface area (Å²) < 4.78 is 5.47. The second-order valence-electron chi connectivity index (χ2n) is 5.69. The van der Waals surface area contributed by atoms with Crippen LogP contribution >= 0.6 is 11.6 Å². The molecule has 4 heteroatoms. The van der Waals surface area contributed by atoms with Gasteiger partial charge in [0.15, 0.2) is 0 Å². The average molecular weight is 330 g/mol. The summed E-state index contributed by atoms with van der Waals surface area (Å²) >= 11 is 6.23. The lowest BCUT2D eigenvalue weighted by Crippen LogP contribution is -2.28. The lowest BCUT2D eigenvalue weighted by molar-refractivity contribution is 0.140. The maximum Gasteiger partial charge on any atom is 0.138 e. The molecule has 1 aliphatic rings. The Bertz CT molecular complexity index is 702. The third-order valence-corrected chi connectivity index (χ3v) is 4.38. The van der Waals surface area contributed by atoms with Crippen molar-refractivity contribution in [2.24, 2.45) is 0 Å². The first-order valence-electron chi connectivity index (χ1n) is 7.70. The summed E-state index contributed by atoms with van der Waals surface area (Å²) in [6.07, 6.45) is 1.99. The molecule has 0 spiro atoms. The molecule has 3 rings (SSSR count). The summed E-state index contributed by atoms with van der Waals surface area (Å²) in [5.74, 6) is 0.654. The number of aliphatic hydroxyl groups excluding tert-OH is 1. The van der Waals surface area contributed by atoms with E-state index in [-0.39, 0.29) is 6.04 Å². The van der Waals surface area contributed by atoms with Gasteiger partial charge in [-0.25, -0.2) is 0 Å². The summed E-state index contributed by atoms with van der Waals surface area (Å²) in [6, 6.07) is 13.9. The maximum absolute atomic E-state index is 10.3. The summed E-state index contributed by atoms with van der Waals surface area (Å²) in [7, 11) is 0. The van der Waals surface area contributed by atoms with Gasteiger partial charge in [0.2, 0.25) is 0 Å². The molecule has 3 nitrogen and oxygen atoms in total. The number of fused-ring (bicyclic) bond motifs is 1. The minimum Gasteiger partial charge on any atom is -0.488 e. The Hall–Kier alpha value is -1.81. The van der Waals surface area contributed by atoms with Gasteiger partial charge in [0.1, 0.15) is 12.4 Å². The molecule has 23 heavy (non-hydrogen) atoms. The van der Waals surface area contributed by atoms with Crippen molar-refractivity contribution in [1.82, 2.24) is 5.32 Å². The second-order valence-corrected chi connectivity index (χ2v) is 6.10. The Balaban J connectivity index is 1.67. The molecule has 0 heterocycles. The van der Waals surface area contributed by atoms with Crippen LogP contribution in [0.5, 0.6) is 5.75 Å². The van der Waals surface area contributed by atoms with E-state index in [0.717, 1.165) is 5.56 Å². The average Bonchev–Trinajstić information content (AvgIpc) is 2.87. The third kappa shape index (κ3) is 3.58. The van der Waals surface area contributed by atoms with E-state index >= 15 is 0 Å². The van der Waals surface area contributed by atoms with E-state index in [1.54, 1.807) is 6.08 Å². The molecule has 0 amide bonds. The Labute approximate surface area is 141 Å². The highest BCUT2D eigenvalue weighted by molar-refractivity contribution is 6.32. The van der Waals surface area contributed by atoms with Gasteiger partial charge in [0.25, 0.3) is 0 Å². The first-order valence-corrected chi connectivity index (χ1v) is 8.08. The van der Waals surface area contributed by atoms with Crippen LogP contribution in [0.25, 0.3) is 0 Å². The highest BCUT2D eigenvalue weighted by atomic mass is 35.5. The highest BCUT2D eigenvalue weighted by Crippen LogP contribution is 2.32. The van der Waals surface area contributed by atoms with Gasteiger partial charge >= 0.3 is 0 Å². The van der Waals surface area contributed by atoms with Crippen LogP contribution in [-0.4, -0.2) is 17.8 Å². The molecule has 2 N–H and O–H groups in total. The van der Waals surface area contributed by atoms with Crippen LogP contribution in [0.1, 0.15) is 22.7 Å². The molecule has 0 bridgehead atoms. The first kappa shape index (κ1) is 16.1. The van der Waals surface area contributed by atoms with Gasteiger partial charge in [-0.3, -0.25) is 0 Å². The molecule has 2 aromatic carbocycles. The monoisotopic (exact) mass is 329 g/mol. The number of aliphatic hydroxyl groups is 1. The largest absolute Gasteiger partial charge is 0.488 e. The quantitative estimate of drug-likeness (QED) is 0.795. The fraction of sp³-hybridized carbons (Fsp3) is 0.263. The summed E-state index contributed by atoms with van der Waals surface area (Å²) in [6.45, 7) is 4.69. The minimum atomic E-state index is -0.391. The molecule has 1 aliphatic carbocycles. The Morgan fingerprint density at radius 3 is 2.91 bits per heavy atom. The van der Waals surface area contributed by atoms with Crippen LogP contribution in [0, 0.1) is 0 Å². The number of ether oxygens (including phenoxy) is 1. The lowest BCUT2D eigenvalue weighted by Gasteiger charge is -2.18. The van der Waals surface area contributed by atoms with Gasteiger partial charge in [-0.1, -0.05) is 54.6 Å². The zero-order valence-electron chi connectivity index (χ0n) is 12.8. The van der Waals surface area contributed by atoms with E-state index in [4.69, 9.17) is 16.3 Å². The van der Waals surface area contributed by atoms with Crippen molar-refractivity contribution in [2.45, 2.75) is 25.1 Å². The van der Waals surface area contributed by atoms with Crippen molar-refractivity contribution in [3.8, 4) is 5.75 Å². The van der Waals surface area contributed by atoms with E-state index in [0.29, 0.717) is 30.3 Å². The standard InChI is InChI=1S/C19H20ClNO2/c1-2-9-23-18-8-7-13(10-16(18)20)12-21-19-15-6-4-3-5-14(15)11-17(19)22/h2-8,10,17,19,21-22H,1,9,11-12H2/t17-,19+/m0/s1. The van der Waals surface area contributed by atoms with E-state index < -0.39 is 6.10 Å². The van der Waals surface area contributed by atoms with E-state index in [2.05, 4.69) is 24.0 Å². The molecule has 2 aromatic rings. The third-order valence-electron chi connectivity index (χ3n) is 4.08. The normalized spacial score (nSPS) is 19.4. The summed E-state index contributed by atoms with van der Waals surface area (Å²) in [5.41, 5.74) is 3.44. The predicted molar refractivity (Wildman–Crippen MR) is 92.9 cm³/mol. The van der Waals surface area contributed by atoms with Crippen LogP contribution in [-0.2, 0) is 13.0 Å². The van der Waals surface area contributed by atoms with Gasteiger partial charge in [0, 0.05) is 13.0 Å². The molecule has 0 fully saturated rings. The van der Waals surface area contributed by atoms with Crippen LogP contribution < -0.4 is 10.1 Å². The lowest BCUT2D eigenvalue weighted by atomic mass is 10.1. The number of benzene rings is 2.